The van der Waals surface area contributed by atoms with Crippen molar-refractivity contribution in [1.82, 2.24) is 4.90 Å². The number of alkyl halides is 2. The van der Waals surface area contributed by atoms with Crippen molar-refractivity contribution in [2.45, 2.75) is 32.0 Å². The summed E-state index contributed by atoms with van der Waals surface area (Å²) in [6.07, 6.45) is 1.78. The SMILES string of the molecule is COc1cc(CN(C(=O)c2ccc3c(c2)NC(=O)CO3)C2CC2)ccc1OC(F)F. The minimum atomic E-state index is -2.96. The lowest BCUT2D eigenvalue weighted by molar-refractivity contribution is -0.118. The Hall–Kier alpha value is -3.36. The van der Waals surface area contributed by atoms with Gasteiger partial charge in [-0.05, 0) is 48.7 Å². The number of carbonyl (C=O) groups excluding carboxylic acids is 2. The Morgan fingerprint density at radius 1 is 1.23 bits per heavy atom. The highest BCUT2D eigenvalue weighted by molar-refractivity contribution is 6.00. The monoisotopic (exact) mass is 418 g/mol. The average Bonchev–Trinajstić information content (AvgIpc) is 3.56. The van der Waals surface area contributed by atoms with Crippen molar-refractivity contribution >= 4 is 17.5 Å². The second-order valence-electron chi connectivity index (χ2n) is 7.08. The summed E-state index contributed by atoms with van der Waals surface area (Å²) < 4.78 is 40.0. The van der Waals surface area contributed by atoms with E-state index in [2.05, 4.69) is 10.1 Å². The lowest BCUT2D eigenvalue weighted by Gasteiger charge is -2.24. The van der Waals surface area contributed by atoms with Crippen LogP contribution in [0.1, 0.15) is 28.8 Å². The molecule has 158 valence electrons. The molecule has 1 heterocycles. The number of nitrogens with zero attached hydrogens (tertiary/aromatic N) is 1. The van der Waals surface area contributed by atoms with Gasteiger partial charge < -0.3 is 24.4 Å². The van der Waals surface area contributed by atoms with Gasteiger partial charge in [-0.2, -0.15) is 8.78 Å². The highest BCUT2D eigenvalue weighted by Gasteiger charge is 2.33. The molecule has 1 saturated carbocycles. The molecule has 1 N–H and O–H groups in total. The molecule has 2 aromatic rings. The molecule has 4 rings (SSSR count). The molecule has 2 amide bonds. The fourth-order valence-corrected chi connectivity index (χ4v) is 3.34. The zero-order chi connectivity index (χ0) is 21.3. The first-order chi connectivity index (χ1) is 14.4. The van der Waals surface area contributed by atoms with Gasteiger partial charge in [-0.3, -0.25) is 9.59 Å². The Labute approximate surface area is 171 Å². The predicted octanol–water partition coefficient (Wildman–Crippen LogP) is 3.43. The van der Waals surface area contributed by atoms with Crippen LogP contribution in [0.2, 0.25) is 0 Å². The Balaban J connectivity index is 1.55. The molecule has 2 aliphatic rings. The number of benzene rings is 2. The van der Waals surface area contributed by atoms with Crippen molar-refractivity contribution in [3.05, 3.63) is 47.5 Å². The van der Waals surface area contributed by atoms with Crippen LogP contribution in [0.25, 0.3) is 0 Å². The zero-order valence-electron chi connectivity index (χ0n) is 16.2. The van der Waals surface area contributed by atoms with Gasteiger partial charge in [0.2, 0.25) is 0 Å². The van der Waals surface area contributed by atoms with E-state index in [4.69, 9.17) is 9.47 Å². The number of ether oxygens (including phenoxy) is 3. The number of rotatable bonds is 7. The highest BCUT2D eigenvalue weighted by Crippen LogP contribution is 2.35. The summed E-state index contributed by atoms with van der Waals surface area (Å²) in [5.41, 5.74) is 1.61. The third kappa shape index (κ3) is 4.29. The lowest BCUT2D eigenvalue weighted by atomic mass is 10.1. The molecule has 0 spiro atoms. The first-order valence-corrected chi connectivity index (χ1v) is 9.44. The Morgan fingerprint density at radius 2 is 2.03 bits per heavy atom. The molecule has 2 aromatic carbocycles. The van der Waals surface area contributed by atoms with Gasteiger partial charge in [-0.1, -0.05) is 6.07 Å². The van der Waals surface area contributed by atoms with E-state index >= 15 is 0 Å². The van der Waals surface area contributed by atoms with Crippen LogP contribution in [0.4, 0.5) is 14.5 Å². The van der Waals surface area contributed by atoms with E-state index in [-0.39, 0.29) is 42.5 Å². The molecular formula is C21H20F2N2O5. The first-order valence-electron chi connectivity index (χ1n) is 9.44. The van der Waals surface area contributed by atoms with Crippen LogP contribution in [0.15, 0.2) is 36.4 Å². The van der Waals surface area contributed by atoms with E-state index in [0.29, 0.717) is 17.0 Å². The standard InChI is InChI=1S/C21H20F2N2O5/c1-28-18-8-12(2-6-17(18)30-21(22)23)10-25(14-4-5-14)20(27)13-3-7-16-15(9-13)24-19(26)11-29-16/h2-3,6-9,14,21H,4-5,10-11H2,1H3,(H,24,26). The number of hydrogen-bond acceptors (Lipinski definition) is 5. The molecule has 0 aromatic heterocycles. The van der Waals surface area contributed by atoms with Gasteiger partial charge in [-0.15, -0.1) is 0 Å². The predicted molar refractivity (Wildman–Crippen MR) is 103 cm³/mol. The van der Waals surface area contributed by atoms with Crippen LogP contribution in [-0.2, 0) is 11.3 Å². The lowest BCUT2D eigenvalue weighted by Crippen LogP contribution is -2.33. The molecule has 1 aliphatic heterocycles. The van der Waals surface area contributed by atoms with Crippen molar-refractivity contribution in [1.29, 1.82) is 0 Å². The molecule has 1 fully saturated rings. The van der Waals surface area contributed by atoms with E-state index < -0.39 is 6.61 Å². The zero-order valence-corrected chi connectivity index (χ0v) is 16.2. The fraction of sp³-hybridized carbons (Fsp3) is 0.333. The minimum absolute atomic E-state index is 0.0540. The van der Waals surface area contributed by atoms with Gasteiger partial charge in [0.05, 0.1) is 12.8 Å². The molecule has 0 bridgehead atoms. The fourth-order valence-electron chi connectivity index (χ4n) is 3.34. The van der Waals surface area contributed by atoms with Gasteiger partial charge in [-0.25, -0.2) is 0 Å². The Kier molecular flexibility index (Phi) is 5.43. The van der Waals surface area contributed by atoms with Crippen molar-refractivity contribution < 1.29 is 32.6 Å². The van der Waals surface area contributed by atoms with Gasteiger partial charge in [0.25, 0.3) is 11.8 Å². The number of hydrogen-bond donors (Lipinski definition) is 1. The van der Waals surface area contributed by atoms with Gasteiger partial charge in [0.1, 0.15) is 5.75 Å². The topological polar surface area (TPSA) is 77.1 Å². The summed E-state index contributed by atoms with van der Waals surface area (Å²) in [6, 6.07) is 9.64. The summed E-state index contributed by atoms with van der Waals surface area (Å²) in [6.45, 7) is -2.72. The number of anilines is 1. The highest BCUT2D eigenvalue weighted by atomic mass is 19.3. The maximum atomic E-state index is 13.2. The molecule has 1 aliphatic carbocycles. The molecular weight excluding hydrogens is 398 g/mol. The largest absolute Gasteiger partial charge is 0.493 e. The van der Waals surface area contributed by atoms with Crippen LogP contribution in [0, 0.1) is 0 Å². The number of halogens is 2. The van der Waals surface area contributed by atoms with Crippen LogP contribution in [0.5, 0.6) is 17.2 Å². The number of nitrogens with one attached hydrogen (secondary N) is 1. The first kappa shape index (κ1) is 19.9. The number of methoxy groups -OCH3 is 1. The van der Waals surface area contributed by atoms with E-state index in [1.165, 1.54) is 13.2 Å². The third-order valence-electron chi connectivity index (χ3n) is 4.90. The van der Waals surface area contributed by atoms with E-state index in [1.807, 2.05) is 0 Å². The van der Waals surface area contributed by atoms with Gasteiger partial charge >= 0.3 is 6.61 Å². The van der Waals surface area contributed by atoms with E-state index in [0.717, 1.165) is 18.4 Å². The number of fused-ring (bicyclic) bond motifs is 1. The molecule has 0 unspecified atom stereocenters. The second kappa shape index (κ2) is 8.17. The van der Waals surface area contributed by atoms with Gasteiger partial charge in [0, 0.05) is 18.2 Å². The third-order valence-corrected chi connectivity index (χ3v) is 4.90. The Morgan fingerprint density at radius 3 is 2.73 bits per heavy atom. The van der Waals surface area contributed by atoms with E-state index in [9.17, 15) is 18.4 Å². The molecule has 0 radical (unpaired) electrons. The second-order valence-corrected chi connectivity index (χ2v) is 7.08. The summed E-state index contributed by atoms with van der Waals surface area (Å²) in [7, 11) is 1.37. The normalized spacial score (nSPS) is 15.1. The van der Waals surface area contributed by atoms with Crippen LogP contribution >= 0.6 is 0 Å². The average molecular weight is 418 g/mol. The minimum Gasteiger partial charge on any atom is -0.493 e. The van der Waals surface area contributed by atoms with Crippen molar-refractivity contribution in [2.24, 2.45) is 0 Å². The van der Waals surface area contributed by atoms with Crippen LogP contribution < -0.4 is 19.5 Å². The summed E-state index contributed by atoms with van der Waals surface area (Å²) in [5, 5.41) is 2.70. The number of carbonyl (C=O) groups is 2. The van der Waals surface area contributed by atoms with E-state index in [1.54, 1.807) is 35.2 Å². The Bertz CT molecular complexity index is 978. The molecule has 9 heteroatoms. The number of amides is 2. The molecule has 30 heavy (non-hydrogen) atoms. The van der Waals surface area contributed by atoms with Crippen LogP contribution in [0.3, 0.4) is 0 Å². The maximum Gasteiger partial charge on any atom is 0.387 e. The van der Waals surface area contributed by atoms with Crippen LogP contribution in [-0.4, -0.2) is 43.1 Å². The van der Waals surface area contributed by atoms with Crippen molar-refractivity contribution in [2.75, 3.05) is 19.0 Å². The maximum absolute atomic E-state index is 13.2. The molecule has 0 saturated heterocycles. The van der Waals surface area contributed by atoms with Crippen molar-refractivity contribution in [3.8, 4) is 17.2 Å². The molecule has 7 nitrogen and oxygen atoms in total. The van der Waals surface area contributed by atoms with Crippen molar-refractivity contribution in [3.63, 3.8) is 0 Å². The smallest absolute Gasteiger partial charge is 0.387 e. The molecule has 0 atom stereocenters. The summed E-state index contributed by atoms with van der Waals surface area (Å²) in [5.74, 6) is 0.162. The summed E-state index contributed by atoms with van der Waals surface area (Å²) in [4.78, 5) is 26.5. The quantitative estimate of drug-likeness (QED) is 0.746. The summed E-state index contributed by atoms with van der Waals surface area (Å²) >= 11 is 0. The van der Waals surface area contributed by atoms with Gasteiger partial charge in [0.15, 0.2) is 18.1 Å².